The third-order valence-corrected chi connectivity index (χ3v) is 2.74. The predicted molar refractivity (Wildman–Crippen MR) is 48.8 cm³/mol. The van der Waals surface area contributed by atoms with Crippen molar-refractivity contribution < 1.29 is 0 Å². The molecular weight excluding hydrogens is 136 g/mol. The van der Waals surface area contributed by atoms with Crippen LogP contribution in [-0.4, -0.2) is 48.6 Å². The van der Waals surface area contributed by atoms with E-state index in [9.17, 15) is 0 Å². The average molecular weight is 156 g/mol. The Hall–Kier alpha value is -0.0800. The molecular formula is C9H20N2. The third kappa shape index (κ3) is 1.94. The van der Waals surface area contributed by atoms with Crippen LogP contribution in [0.1, 0.15) is 20.8 Å². The van der Waals surface area contributed by atoms with E-state index < -0.39 is 0 Å². The fourth-order valence-electron chi connectivity index (χ4n) is 1.45. The Bertz CT molecular complexity index is 117. The number of nitrogens with zero attached hydrogens (tertiary/aromatic N) is 2. The summed E-state index contributed by atoms with van der Waals surface area (Å²) in [5, 5.41) is 0. The summed E-state index contributed by atoms with van der Waals surface area (Å²) >= 11 is 0. The number of hydrogen-bond acceptors (Lipinski definition) is 2. The van der Waals surface area contributed by atoms with Crippen molar-refractivity contribution in [2.24, 2.45) is 0 Å². The fraction of sp³-hybridized carbons (Fsp3) is 1.00. The molecule has 0 saturated carbocycles. The second-order valence-corrected chi connectivity index (χ2v) is 3.77. The van der Waals surface area contributed by atoms with E-state index in [2.05, 4.69) is 37.6 Å². The van der Waals surface area contributed by atoms with E-state index in [0.29, 0.717) is 0 Å². The van der Waals surface area contributed by atoms with Gasteiger partial charge in [-0.25, -0.2) is 0 Å². The smallest absolute Gasteiger partial charge is 0.0347 e. The van der Waals surface area contributed by atoms with Crippen molar-refractivity contribution in [3.8, 4) is 0 Å². The zero-order chi connectivity index (χ0) is 8.43. The van der Waals surface area contributed by atoms with Gasteiger partial charge in [0.15, 0.2) is 0 Å². The Kier molecular flexibility index (Phi) is 2.90. The lowest BCUT2D eigenvalue weighted by molar-refractivity contribution is 0.0295. The van der Waals surface area contributed by atoms with E-state index in [1.807, 2.05) is 0 Å². The Morgan fingerprint density at radius 3 is 2.36 bits per heavy atom. The fourth-order valence-corrected chi connectivity index (χ4v) is 1.45. The summed E-state index contributed by atoms with van der Waals surface area (Å²) in [6.45, 7) is 10.5. The Balaban J connectivity index is 2.18. The number of rotatable bonds is 3. The first-order valence-electron chi connectivity index (χ1n) is 4.59. The van der Waals surface area contributed by atoms with Crippen molar-refractivity contribution in [3.63, 3.8) is 0 Å². The second-order valence-electron chi connectivity index (χ2n) is 3.77. The number of likely N-dealkylation sites (N-methyl/N-ethyl adjacent to an activating group) is 1. The molecule has 0 amide bonds. The van der Waals surface area contributed by atoms with Gasteiger partial charge in [-0.05, 0) is 27.4 Å². The van der Waals surface area contributed by atoms with Gasteiger partial charge in [0.05, 0.1) is 0 Å². The molecule has 0 unspecified atom stereocenters. The van der Waals surface area contributed by atoms with Gasteiger partial charge in [-0.2, -0.15) is 0 Å². The van der Waals surface area contributed by atoms with Crippen molar-refractivity contribution in [3.05, 3.63) is 0 Å². The maximum atomic E-state index is 2.51. The van der Waals surface area contributed by atoms with Crippen molar-refractivity contribution in [1.29, 1.82) is 0 Å². The highest BCUT2D eigenvalue weighted by molar-refractivity contribution is 4.87. The minimum Gasteiger partial charge on any atom is -0.301 e. The lowest BCUT2D eigenvalue weighted by atomic mass is 10.1. The summed E-state index contributed by atoms with van der Waals surface area (Å²) in [4.78, 5) is 4.94. The topological polar surface area (TPSA) is 6.48 Å². The average Bonchev–Trinajstić information content (AvgIpc) is 1.83. The van der Waals surface area contributed by atoms with Crippen LogP contribution in [-0.2, 0) is 0 Å². The van der Waals surface area contributed by atoms with Gasteiger partial charge in [0.2, 0.25) is 0 Å². The van der Waals surface area contributed by atoms with Gasteiger partial charge < -0.3 is 4.90 Å². The molecule has 0 radical (unpaired) electrons. The minimum absolute atomic E-state index is 0.733. The zero-order valence-corrected chi connectivity index (χ0v) is 8.17. The molecule has 0 N–H and O–H groups in total. The maximum absolute atomic E-state index is 2.51. The second kappa shape index (κ2) is 3.55. The third-order valence-electron chi connectivity index (χ3n) is 2.74. The maximum Gasteiger partial charge on any atom is 0.0347 e. The van der Waals surface area contributed by atoms with Crippen LogP contribution in [0, 0.1) is 0 Å². The van der Waals surface area contributed by atoms with Crippen LogP contribution in [0.3, 0.4) is 0 Å². The van der Waals surface area contributed by atoms with E-state index in [1.165, 1.54) is 19.6 Å². The van der Waals surface area contributed by atoms with Crippen LogP contribution >= 0.6 is 0 Å². The van der Waals surface area contributed by atoms with Crippen LogP contribution in [0.5, 0.6) is 0 Å². The molecule has 1 heterocycles. The van der Waals surface area contributed by atoms with Crippen LogP contribution in [0.15, 0.2) is 0 Å². The summed E-state index contributed by atoms with van der Waals surface area (Å²) in [5.74, 6) is 0. The quantitative estimate of drug-likeness (QED) is 0.602. The largest absolute Gasteiger partial charge is 0.301 e. The van der Waals surface area contributed by atoms with Gasteiger partial charge in [0, 0.05) is 25.2 Å². The number of hydrogen-bond donors (Lipinski definition) is 0. The van der Waals surface area contributed by atoms with Crippen molar-refractivity contribution in [2.45, 2.75) is 32.9 Å². The van der Waals surface area contributed by atoms with E-state index in [0.717, 1.165) is 12.1 Å². The molecule has 0 atom stereocenters. The van der Waals surface area contributed by atoms with Crippen LogP contribution in [0.4, 0.5) is 0 Å². The van der Waals surface area contributed by atoms with Gasteiger partial charge in [-0.1, -0.05) is 6.92 Å². The lowest BCUT2D eigenvalue weighted by Crippen LogP contribution is -2.60. The zero-order valence-electron chi connectivity index (χ0n) is 8.17. The molecule has 2 nitrogen and oxygen atoms in total. The number of likely N-dealkylation sites (tertiary alicyclic amines) is 1. The molecule has 0 bridgehead atoms. The van der Waals surface area contributed by atoms with E-state index >= 15 is 0 Å². The molecule has 0 spiro atoms. The molecule has 0 aliphatic carbocycles. The van der Waals surface area contributed by atoms with Gasteiger partial charge >= 0.3 is 0 Å². The molecule has 1 rings (SSSR count). The summed E-state index contributed by atoms with van der Waals surface area (Å²) in [7, 11) is 2.21. The highest BCUT2D eigenvalue weighted by atomic mass is 15.3. The molecule has 1 saturated heterocycles. The van der Waals surface area contributed by atoms with Gasteiger partial charge in [0.25, 0.3) is 0 Å². The molecule has 66 valence electrons. The predicted octanol–water partition coefficient (Wildman–Crippen LogP) is 1.03. The molecule has 0 aromatic heterocycles. The highest BCUT2D eigenvalue weighted by Crippen LogP contribution is 2.15. The lowest BCUT2D eigenvalue weighted by Gasteiger charge is -2.46. The van der Waals surface area contributed by atoms with Crippen molar-refractivity contribution >= 4 is 0 Å². The SMILES string of the molecule is CCN(C)C1CN(C(C)C)C1. The molecule has 1 aliphatic heterocycles. The summed E-state index contributed by atoms with van der Waals surface area (Å²) in [6.07, 6.45) is 0. The van der Waals surface area contributed by atoms with Crippen LogP contribution in [0.25, 0.3) is 0 Å². The monoisotopic (exact) mass is 156 g/mol. The van der Waals surface area contributed by atoms with Gasteiger partial charge in [0.1, 0.15) is 0 Å². The normalized spacial score (nSPS) is 21.3. The first kappa shape index (κ1) is 9.01. The first-order valence-corrected chi connectivity index (χ1v) is 4.59. The standard InChI is InChI=1S/C9H20N2/c1-5-10(4)9-6-11(7-9)8(2)3/h8-9H,5-7H2,1-4H3. The molecule has 0 aromatic rings. The van der Waals surface area contributed by atoms with E-state index in [-0.39, 0.29) is 0 Å². The van der Waals surface area contributed by atoms with E-state index in [4.69, 9.17) is 0 Å². The summed E-state index contributed by atoms with van der Waals surface area (Å²) in [6, 6.07) is 1.55. The first-order chi connectivity index (χ1) is 5.15. The summed E-state index contributed by atoms with van der Waals surface area (Å²) in [5.41, 5.74) is 0. The highest BCUT2D eigenvalue weighted by Gasteiger charge is 2.30. The molecule has 1 fully saturated rings. The molecule has 11 heavy (non-hydrogen) atoms. The molecule has 2 heteroatoms. The molecule has 0 aromatic carbocycles. The molecule has 1 aliphatic rings. The van der Waals surface area contributed by atoms with Gasteiger partial charge in [-0.3, -0.25) is 4.90 Å². The Morgan fingerprint density at radius 1 is 1.45 bits per heavy atom. The van der Waals surface area contributed by atoms with Crippen LogP contribution in [0.2, 0.25) is 0 Å². The van der Waals surface area contributed by atoms with Crippen LogP contribution < -0.4 is 0 Å². The Labute approximate surface area is 70.2 Å². The van der Waals surface area contributed by atoms with Crippen molar-refractivity contribution in [2.75, 3.05) is 26.7 Å². The van der Waals surface area contributed by atoms with E-state index in [1.54, 1.807) is 0 Å². The van der Waals surface area contributed by atoms with Crippen molar-refractivity contribution in [1.82, 2.24) is 9.80 Å². The minimum atomic E-state index is 0.733. The summed E-state index contributed by atoms with van der Waals surface area (Å²) < 4.78 is 0. The Morgan fingerprint density at radius 2 is 2.00 bits per heavy atom. The van der Waals surface area contributed by atoms with Gasteiger partial charge in [-0.15, -0.1) is 0 Å².